The summed E-state index contributed by atoms with van der Waals surface area (Å²) >= 11 is 0. The Morgan fingerprint density at radius 1 is 1.11 bits per heavy atom. The zero-order valence-corrected chi connectivity index (χ0v) is 10.4. The summed E-state index contributed by atoms with van der Waals surface area (Å²) < 4.78 is 0. The third-order valence-electron chi connectivity index (χ3n) is 3.06. The first-order chi connectivity index (χ1) is 8.75. The quantitative estimate of drug-likeness (QED) is 0.720. The van der Waals surface area contributed by atoms with Crippen LogP contribution in [0.2, 0.25) is 0 Å². The van der Waals surface area contributed by atoms with Crippen molar-refractivity contribution in [1.82, 2.24) is 20.2 Å². The van der Waals surface area contributed by atoms with Crippen molar-refractivity contribution in [3.63, 3.8) is 0 Å². The molecule has 0 aliphatic carbocycles. The van der Waals surface area contributed by atoms with Gasteiger partial charge in [-0.25, -0.2) is 4.98 Å². The van der Waals surface area contributed by atoms with Crippen LogP contribution in [0.3, 0.4) is 0 Å². The molecule has 0 unspecified atom stereocenters. The Hall–Kier alpha value is -2.36. The predicted molar refractivity (Wildman–Crippen MR) is 71.1 cm³/mol. The maximum Gasteiger partial charge on any atom is 0.141 e. The van der Waals surface area contributed by atoms with E-state index in [2.05, 4.69) is 52.2 Å². The van der Waals surface area contributed by atoms with E-state index in [-0.39, 0.29) is 0 Å². The first-order valence-electron chi connectivity index (χ1n) is 5.86. The Kier molecular flexibility index (Phi) is 2.48. The van der Waals surface area contributed by atoms with E-state index in [4.69, 9.17) is 0 Å². The fourth-order valence-electron chi connectivity index (χ4n) is 2.09. The molecule has 0 spiro atoms. The summed E-state index contributed by atoms with van der Waals surface area (Å²) in [5.41, 5.74) is 5.62. The first-order valence-corrected chi connectivity index (χ1v) is 5.86. The largest absolute Gasteiger partial charge is 0.345 e. The highest BCUT2D eigenvalue weighted by Gasteiger charge is 2.13. The Balaban J connectivity index is 2.19. The number of rotatable bonds is 2. The summed E-state index contributed by atoms with van der Waals surface area (Å²) in [5, 5.41) is 7.21. The van der Waals surface area contributed by atoms with Crippen molar-refractivity contribution >= 4 is 0 Å². The lowest BCUT2D eigenvalue weighted by Crippen LogP contribution is -1.88. The van der Waals surface area contributed by atoms with Gasteiger partial charge in [0.1, 0.15) is 5.82 Å². The molecule has 0 fully saturated rings. The van der Waals surface area contributed by atoms with Crippen LogP contribution in [0.25, 0.3) is 22.6 Å². The van der Waals surface area contributed by atoms with Gasteiger partial charge < -0.3 is 4.98 Å². The third-order valence-corrected chi connectivity index (χ3v) is 3.06. The van der Waals surface area contributed by atoms with E-state index in [9.17, 15) is 0 Å². The molecular formula is C14H14N4. The van der Waals surface area contributed by atoms with Crippen LogP contribution >= 0.6 is 0 Å². The fraction of sp³-hybridized carbons (Fsp3) is 0.143. The Morgan fingerprint density at radius 2 is 2.00 bits per heavy atom. The van der Waals surface area contributed by atoms with Gasteiger partial charge in [-0.1, -0.05) is 17.7 Å². The first kappa shape index (κ1) is 10.8. The number of hydrogen-bond acceptors (Lipinski definition) is 2. The molecule has 0 atom stereocenters. The predicted octanol–water partition coefficient (Wildman–Crippen LogP) is 3.08. The van der Waals surface area contributed by atoms with Gasteiger partial charge >= 0.3 is 0 Å². The monoisotopic (exact) mass is 238 g/mol. The molecule has 3 rings (SSSR count). The van der Waals surface area contributed by atoms with Crippen LogP contribution in [0.1, 0.15) is 11.1 Å². The summed E-state index contributed by atoms with van der Waals surface area (Å²) in [6.07, 6.45) is 5.36. The van der Waals surface area contributed by atoms with E-state index >= 15 is 0 Å². The van der Waals surface area contributed by atoms with Crippen LogP contribution < -0.4 is 0 Å². The lowest BCUT2D eigenvalue weighted by Gasteiger charge is -2.06. The SMILES string of the molecule is Cc1ccc(C)c(-c2[nH]ncc2-c2ncc[nH]2)c1. The topological polar surface area (TPSA) is 57.4 Å². The molecule has 2 aromatic heterocycles. The number of hydrogen-bond donors (Lipinski definition) is 2. The summed E-state index contributed by atoms with van der Waals surface area (Å²) in [6, 6.07) is 6.40. The van der Waals surface area contributed by atoms with Gasteiger partial charge in [0.25, 0.3) is 0 Å². The van der Waals surface area contributed by atoms with Crippen LogP contribution in [0.5, 0.6) is 0 Å². The molecule has 90 valence electrons. The Labute approximate surface area is 105 Å². The third kappa shape index (κ3) is 1.72. The molecule has 18 heavy (non-hydrogen) atoms. The molecule has 0 amide bonds. The van der Waals surface area contributed by atoms with Crippen molar-refractivity contribution in [1.29, 1.82) is 0 Å². The van der Waals surface area contributed by atoms with E-state index in [0.717, 1.165) is 17.1 Å². The summed E-state index contributed by atoms with van der Waals surface area (Å²) in [4.78, 5) is 7.39. The van der Waals surface area contributed by atoms with Gasteiger partial charge in [0, 0.05) is 18.0 Å². The number of benzene rings is 1. The minimum absolute atomic E-state index is 0.833. The minimum atomic E-state index is 0.833. The van der Waals surface area contributed by atoms with Crippen molar-refractivity contribution in [2.75, 3.05) is 0 Å². The maximum atomic E-state index is 4.28. The van der Waals surface area contributed by atoms with E-state index in [1.807, 2.05) is 6.20 Å². The molecule has 0 bridgehead atoms. The van der Waals surface area contributed by atoms with Crippen LogP contribution in [-0.4, -0.2) is 20.2 Å². The number of nitrogens with one attached hydrogen (secondary N) is 2. The highest BCUT2D eigenvalue weighted by Crippen LogP contribution is 2.30. The number of nitrogens with zero attached hydrogens (tertiary/aromatic N) is 2. The van der Waals surface area contributed by atoms with Crippen molar-refractivity contribution in [2.45, 2.75) is 13.8 Å². The molecule has 3 aromatic rings. The molecule has 0 aliphatic rings. The number of imidazole rings is 1. The van der Waals surface area contributed by atoms with Crippen LogP contribution in [0, 0.1) is 13.8 Å². The van der Waals surface area contributed by atoms with Crippen molar-refractivity contribution in [2.24, 2.45) is 0 Å². The Morgan fingerprint density at radius 3 is 2.78 bits per heavy atom. The second kappa shape index (κ2) is 4.14. The molecular weight excluding hydrogens is 224 g/mol. The van der Waals surface area contributed by atoms with Crippen molar-refractivity contribution in [3.8, 4) is 22.6 Å². The maximum absolute atomic E-state index is 4.28. The lowest BCUT2D eigenvalue weighted by atomic mass is 10.0. The van der Waals surface area contributed by atoms with Gasteiger partial charge in [0.05, 0.1) is 17.5 Å². The Bertz CT molecular complexity index is 665. The molecule has 0 aliphatic heterocycles. The molecule has 0 saturated carbocycles. The molecule has 4 nitrogen and oxygen atoms in total. The van der Waals surface area contributed by atoms with Gasteiger partial charge in [-0.2, -0.15) is 5.10 Å². The second-order valence-electron chi connectivity index (χ2n) is 4.41. The van der Waals surface area contributed by atoms with Crippen LogP contribution in [0.4, 0.5) is 0 Å². The molecule has 0 radical (unpaired) electrons. The van der Waals surface area contributed by atoms with Gasteiger partial charge in [-0.15, -0.1) is 0 Å². The van der Waals surface area contributed by atoms with Crippen LogP contribution in [-0.2, 0) is 0 Å². The number of aryl methyl sites for hydroxylation is 2. The molecule has 1 aromatic carbocycles. The smallest absolute Gasteiger partial charge is 0.141 e. The summed E-state index contributed by atoms with van der Waals surface area (Å²) in [7, 11) is 0. The minimum Gasteiger partial charge on any atom is -0.345 e. The summed E-state index contributed by atoms with van der Waals surface area (Å²) in [5.74, 6) is 0.833. The normalized spacial score (nSPS) is 10.8. The summed E-state index contributed by atoms with van der Waals surface area (Å²) in [6.45, 7) is 4.19. The number of aromatic nitrogens is 4. The van der Waals surface area contributed by atoms with Crippen molar-refractivity contribution in [3.05, 3.63) is 47.9 Å². The molecule has 2 N–H and O–H groups in total. The van der Waals surface area contributed by atoms with E-state index in [1.54, 1.807) is 12.4 Å². The van der Waals surface area contributed by atoms with Crippen LogP contribution in [0.15, 0.2) is 36.8 Å². The van der Waals surface area contributed by atoms with Crippen molar-refractivity contribution < 1.29 is 0 Å². The lowest BCUT2D eigenvalue weighted by molar-refractivity contribution is 1.09. The average Bonchev–Trinajstić information content (AvgIpc) is 3.00. The van der Waals surface area contributed by atoms with Gasteiger partial charge in [-0.05, 0) is 25.5 Å². The van der Waals surface area contributed by atoms with Gasteiger partial charge in [0.2, 0.25) is 0 Å². The molecule has 2 heterocycles. The molecule has 0 saturated heterocycles. The second-order valence-corrected chi connectivity index (χ2v) is 4.41. The number of aromatic amines is 2. The number of H-pyrrole nitrogens is 2. The standard InChI is InChI=1S/C14H14N4/c1-9-3-4-10(2)11(7-9)13-12(8-17-18-13)14-15-5-6-16-14/h3-8H,1-2H3,(H,15,16)(H,17,18). The highest BCUT2D eigenvalue weighted by molar-refractivity contribution is 5.78. The van der Waals surface area contributed by atoms with E-state index < -0.39 is 0 Å². The fourth-order valence-corrected chi connectivity index (χ4v) is 2.09. The van der Waals surface area contributed by atoms with Gasteiger partial charge in [0.15, 0.2) is 0 Å². The van der Waals surface area contributed by atoms with E-state index in [0.29, 0.717) is 0 Å². The zero-order chi connectivity index (χ0) is 12.5. The highest BCUT2D eigenvalue weighted by atomic mass is 15.1. The average molecular weight is 238 g/mol. The van der Waals surface area contributed by atoms with Gasteiger partial charge in [-0.3, -0.25) is 5.10 Å². The molecule has 4 heteroatoms. The van der Waals surface area contributed by atoms with E-state index in [1.165, 1.54) is 16.7 Å². The zero-order valence-electron chi connectivity index (χ0n) is 10.4.